The van der Waals surface area contributed by atoms with E-state index in [0.29, 0.717) is 0 Å². The van der Waals surface area contributed by atoms with E-state index in [9.17, 15) is 0 Å². The molecule has 1 nitrogen and oxygen atoms in total. The first-order valence-electron chi connectivity index (χ1n) is 9.71. The fraction of sp³-hybridized carbons (Fsp3) is 0.0370. The number of nitrogens with zero attached hydrogens (tertiary/aromatic N) is 1. The van der Waals surface area contributed by atoms with Crippen LogP contribution in [0.15, 0.2) is 97.1 Å². The van der Waals surface area contributed by atoms with Crippen LogP contribution in [-0.2, 0) is 0 Å². The van der Waals surface area contributed by atoms with Gasteiger partial charge in [0, 0.05) is 16.5 Å². The number of para-hydroxylation sites is 2. The average Bonchev–Trinajstić information content (AvgIpc) is 3.07. The van der Waals surface area contributed by atoms with E-state index in [-0.39, 0.29) is 0 Å². The van der Waals surface area contributed by atoms with E-state index >= 15 is 0 Å². The van der Waals surface area contributed by atoms with Gasteiger partial charge in [-0.15, -0.1) is 0 Å². The lowest BCUT2D eigenvalue weighted by atomic mass is 10.00. The molecule has 1 heterocycles. The van der Waals surface area contributed by atoms with Gasteiger partial charge in [-0.25, -0.2) is 0 Å². The maximum atomic E-state index is 2.38. The molecule has 0 aliphatic carbocycles. The molecule has 0 unspecified atom stereocenters. The van der Waals surface area contributed by atoms with Gasteiger partial charge in [0.2, 0.25) is 0 Å². The van der Waals surface area contributed by atoms with E-state index in [2.05, 4.69) is 109 Å². The number of fused-ring (bicyclic) bond motifs is 6. The number of benzene rings is 5. The summed E-state index contributed by atoms with van der Waals surface area (Å²) < 4.78 is 2.38. The summed E-state index contributed by atoms with van der Waals surface area (Å²) in [5.41, 5.74) is 5.00. The monoisotopic (exact) mass is 357 g/mol. The zero-order valence-electron chi connectivity index (χ0n) is 15.7. The molecule has 0 N–H and O–H groups in total. The van der Waals surface area contributed by atoms with Crippen LogP contribution in [0, 0.1) is 6.92 Å². The Morgan fingerprint density at radius 2 is 1.07 bits per heavy atom. The van der Waals surface area contributed by atoms with Crippen LogP contribution in [-0.4, -0.2) is 4.57 Å². The maximum Gasteiger partial charge on any atom is 0.0541 e. The molecule has 0 fully saturated rings. The summed E-state index contributed by atoms with van der Waals surface area (Å²) in [6.07, 6.45) is 0. The van der Waals surface area contributed by atoms with E-state index in [4.69, 9.17) is 0 Å². The third-order valence-corrected chi connectivity index (χ3v) is 5.81. The predicted octanol–water partition coefficient (Wildman–Crippen LogP) is 7.40. The molecule has 5 aromatic carbocycles. The Balaban J connectivity index is 1.69. The number of hydrogen-bond acceptors (Lipinski definition) is 0. The number of rotatable bonds is 1. The Kier molecular flexibility index (Phi) is 3.15. The zero-order chi connectivity index (χ0) is 18.7. The molecule has 6 aromatic rings. The largest absolute Gasteiger partial charge is 0.309 e. The van der Waals surface area contributed by atoms with Crippen LogP contribution in [0.1, 0.15) is 5.56 Å². The molecular formula is C27H19N. The van der Waals surface area contributed by atoms with Gasteiger partial charge in [0.05, 0.1) is 11.0 Å². The summed E-state index contributed by atoms with van der Waals surface area (Å²) in [5, 5.41) is 7.80. The molecule has 1 aromatic heterocycles. The van der Waals surface area contributed by atoms with Gasteiger partial charge in [-0.2, -0.15) is 0 Å². The highest BCUT2D eigenvalue weighted by Gasteiger charge is 2.12. The second-order valence-electron chi connectivity index (χ2n) is 7.57. The highest BCUT2D eigenvalue weighted by atomic mass is 15.0. The zero-order valence-corrected chi connectivity index (χ0v) is 15.7. The minimum absolute atomic E-state index is 1.20. The summed E-state index contributed by atoms with van der Waals surface area (Å²) in [4.78, 5) is 0. The third-order valence-electron chi connectivity index (χ3n) is 5.81. The fourth-order valence-electron chi connectivity index (χ4n) is 4.52. The van der Waals surface area contributed by atoms with Crippen LogP contribution in [0.3, 0.4) is 0 Å². The van der Waals surface area contributed by atoms with Crippen molar-refractivity contribution in [2.75, 3.05) is 0 Å². The molecule has 0 spiro atoms. The molecule has 132 valence electrons. The molecule has 6 rings (SSSR count). The van der Waals surface area contributed by atoms with E-state index in [1.165, 1.54) is 54.6 Å². The Bertz CT molecular complexity index is 1460. The number of aromatic nitrogens is 1. The van der Waals surface area contributed by atoms with Gasteiger partial charge in [0.15, 0.2) is 0 Å². The van der Waals surface area contributed by atoms with Crippen molar-refractivity contribution in [3.63, 3.8) is 0 Å². The SMILES string of the molecule is Cc1ccc2c(ccc3cc(-n4c5ccccc5c5ccccc54)ccc32)c1. The molecule has 0 bridgehead atoms. The minimum atomic E-state index is 1.20. The predicted molar refractivity (Wildman–Crippen MR) is 121 cm³/mol. The number of aryl methyl sites for hydroxylation is 1. The lowest BCUT2D eigenvalue weighted by Crippen LogP contribution is -1.93. The van der Waals surface area contributed by atoms with Crippen LogP contribution >= 0.6 is 0 Å². The average molecular weight is 357 g/mol. The Morgan fingerprint density at radius 3 is 1.75 bits per heavy atom. The van der Waals surface area contributed by atoms with Gasteiger partial charge in [-0.3, -0.25) is 0 Å². The van der Waals surface area contributed by atoms with Crippen LogP contribution in [0.5, 0.6) is 0 Å². The molecule has 0 radical (unpaired) electrons. The molecule has 0 amide bonds. The lowest BCUT2D eigenvalue weighted by molar-refractivity contribution is 1.19. The van der Waals surface area contributed by atoms with Crippen molar-refractivity contribution >= 4 is 43.4 Å². The Labute approximate surface area is 163 Å². The first-order valence-corrected chi connectivity index (χ1v) is 9.71. The smallest absolute Gasteiger partial charge is 0.0541 e. The molecule has 0 saturated heterocycles. The van der Waals surface area contributed by atoms with Gasteiger partial charge < -0.3 is 4.57 Å². The van der Waals surface area contributed by atoms with E-state index in [0.717, 1.165) is 0 Å². The van der Waals surface area contributed by atoms with Crippen molar-refractivity contribution in [3.8, 4) is 5.69 Å². The second-order valence-corrected chi connectivity index (χ2v) is 7.57. The molecule has 28 heavy (non-hydrogen) atoms. The van der Waals surface area contributed by atoms with Crippen LogP contribution < -0.4 is 0 Å². The van der Waals surface area contributed by atoms with Gasteiger partial charge in [0.25, 0.3) is 0 Å². The first-order chi connectivity index (χ1) is 13.8. The van der Waals surface area contributed by atoms with Gasteiger partial charge in [0.1, 0.15) is 0 Å². The van der Waals surface area contributed by atoms with E-state index < -0.39 is 0 Å². The second kappa shape index (κ2) is 5.71. The summed E-state index contributed by atoms with van der Waals surface area (Å²) in [6.45, 7) is 2.15. The molecule has 0 saturated carbocycles. The normalized spacial score (nSPS) is 11.8. The fourth-order valence-corrected chi connectivity index (χ4v) is 4.52. The van der Waals surface area contributed by atoms with E-state index in [1.807, 2.05) is 0 Å². The topological polar surface area (TPSA) is 4.93 Å². The van der Waals surface area contributed by atoms with Gasteiger partial charge in [-0.05, 0) is 52.7 Å². The quantitative estimate of drug-likeness (QED) is 0.270. The van der Waals surface area contributed by atoms with Crippen molar-refractivity contribution < 1.29 is 0 Å². The maximum absolute atomic E-state index is 2.38. The molecular weight excluding hydrogens is 338 g/mol. The van der Waals surface area contributed by atoms with Crippen molar-refractivity contribution in [2.45, 2.75) is 6.92 Å². The molecule has 0 aliphatic heterocycles. The molecule has 0 aliphatic rings. The Morgan fingerprint density at radius 1 is 0.500 bits per heavy atom. The van der Waals surface area contributed by atoms with Gasteiger partial charge >= 0.3 is 0 Å². The highest BCUT2D eigenvalue weighted by molar-refractivity contribution is 6.11. The van der Waals surface area contributed by atoms with Crippen molar-refractivity contribution in [1.29, 1.82) is 0 Å². The lowest BCUT2D eigenvalue weighted by Gasteiger charge is -2.11. The van der Waals surface area contributed by atoms with Crippen molar-refractivity contribution in [1.82, 2.24) is 4.57 Å². The van der Waals surface area contributed by atoms with Crippen LogP contribution in [0.2, 0.25) is 0 Å². The summed E-state index contributed by atoms with van der Waals surface area (Å²) in [6, 6.07) is 35.3. The molecule has 0 atom stereocenters. The number of hydrogen-bond donors (Lipinski definition) is 0. The van der Waals surface area contributed by atoms with Crippen LogP contribution in [0.4, 0.5) is 0 Å². The third kappa shape index (κ3) is 2.13. The summed E-state index contributed by atoms with van der Waals surface area (Å²) in [5.74, 6) is 0. The van der Waals surface area contributed by atoms with Gasteiger partial charge in [-0.1, -0.05) is 78.4 Å². The van der Waals surface area contributed by atoms with Crippen LogP contribution in [0.25, 0.3) is 49.0 Å². The summed E-state index contributed by atoms with van der Waals surface area (Å²) >= 11 is 0. The van der Waals surface area contributed by atoms with E-state index in [1.54, 1.807) is 0 Å². The summed E-state index contributed by atoms with van der Waals surface area (Å²) in [7, 11) is 0. The molecule has 1 heteroatoms. The highest BCUT2D eigenvalue weighted by Crippen LogP contribution is 2.34. The minimum Gasteiger partial charge on any atom is -0.309 e. The van der Waals surface area contributed by atoms with Crippen molar-refractivity contribution in [2.24, 2.45) is 0 Å². The standard InChI is InChI=1S/C27H19N/c1-18-10-14-22-19(16-18)11-12-20-17-21(13-15-23(20)22)28-26-8-4-2-6-24(26)25-7-3-5-9-27(25)28/h2-17H,1H3. The first kappa shape index (κ1) is 15.5. The van der Waals surface area contributed by atoms with Crippen molar-refractivity contribution in [3.05, 3.63) is 103 Å². The Hall–Kier alpha value is -3.58.